The third kappa shape index (κ3) is 5.00. The van der Waals surface area contributed by atoms with E-state index in [1.54, 1.807) is 0 Å². The van der Waals surface area contributed by atoms with Crippen LogP contribution in [-0.2, 0) is 24.7 Å². The van der Waals surface area contributed by atoms with Crippen LogP contribution < -0.4 is 24.8 Å². The molecule has 2 unspecified atom stereocenters. The van der Waals surface area contributed by atoms with Crippen LogP contribution >= 0.6 is 11.8 Å². The predicted molar refractivity (Wildman–Crippen MR) is 108 cm³/mol. The molecule has 0 bridgehead atoms. The molecule has 2 atom stereocenters. The van der Waals surface area contributed by atoms with Crippen LogP contribution in [0.4, 0.5) is 0 Å². The maximum atomic E-state index is 4.54. The van der Waals surface area contributed by atoms with Gasteiger partial charge in [-0.25, -0.2) is 0 Å². The van der Waals surface area contributed by atoms with Crippen LogP contribution in [0.1, 0.15) is 32.9 Å². The third-order valence-electron chi connectivity index (χ3n) is 4.74. The molecule has 0 saturated carbocycles. The second kappa shape index (κ2) is 10.3. The molecule has 1 aromatic carbocycles. The van der Waals surface area contributed by atoms with Crippen molar-refractivity contribution >= 4 is 23.4 Å². The molecule has 28 heavy (non-hydrogen) atoms. The van der Waals surface area contributed by atoms with E-state index in [9.17, 15) is 0 Å². The molecule has 0 saturated heterocycles. The molecule has 0 radical (unpaired) electrons. The maximum absolute atomic E-state index is 4.54. The van der Waals surface area contributed by atoms with Crippen LogP contribution in [0, 0.1) is 12.8 Å². The summed E-state index contributed by atoms with van der Waals surface area (Å²) in [5.41, 5.74) is 6.50. The molecule has 0 fully saturated rings. The van der Waals surface area contributed by atoms with Gasteiger partial charge in [0.1, 0.15) is 0 Å². The fraction of sp³-hybridized carbons (Fsp3) is 0.174. The number of allylic oxidation sites excluding steroid dienone is 7. The van der Waals surface area contributed by atoms with Gasteiger partial charge in [0.05, 0.1) is 0 Å². The molecule has 2 aromatic rings. The summed E-state index contributed by atoms with van der Waals surface area (Å²) in [5.74, 6) is 0.634. The first-order chi connectivity index (χ1) is 12.6. The monoisotopic (exact) mass is 502 g/mol. The number of thioether (sulfide) groups is 1. The average Bonchev–Trinajstić information content (AvgIpc) is 3.30. The summed E-state index contributed by atoms with van der Waals surface area (Å²) in [6, 6.07) is 12.9. The van der Waals surface area contributed by atoms with Crippen LogP contribution in [0.2, 0.25) is 0 Å². The molecule has 0 spiro atoms. The quantitative estimate of drug-likeness (QED) is 0.553. The number of benzene rings is 1. The Bertz CT molecular complexity index is 961. The minimum absolute atomic E-state index is 0. The molecule has 1 nitrogen and oxygen atoms in total. The second-order valence-electron chi connectivity index (χ2n) is 6.74. The molecule has 0 amide bonds. The normalized spacial score (nSPS) is 20.5. The molecule has 5 heteroatoms. The Morgan fingerprint density at radius 3 is 2.50 bits per heavy atom. The Balaban J connectivity index is 0.000000218. The van der Waals surface area contributed by atoms with E-state index in [1.165, 1.54) is 56.8 Å². The number of hydrogen-bond donors (Lipinski definition) is 0. The van der Waals surface area contributed by atoms with Crippen LogP contribution in [-0.4, -0.2) is 4.98 Å². The van der Waals surface area contributed by atoms with Gasteiger partial charge in [0.15, 0.2) is 0 Å². The van der Waals surface area contributed by atoms with Gasteiger partial charge >= 0.3 is 117 Å². The van der Waals surface area contributed by atoms with Gasteiger partial charge in [-0.3, -0.25) is 0 Å². The Morgan fingerprint density at radius 2 is 1.82 bits per heavy atom. The largest absolute Gasteiger partial charge is 1.00 e. The van der Waals surface area contributed by atoms with Gasteiger partial charge in [-0.1, -0.05) is 36.1 Å². The van der Waals surface area contributed by atoms with Gasteiger partial charge in [0, 0.05) is 10.8 Å². The first-order valence-electron chi connectivity index (χ1n) is 8.81. The molecular weight excluding hydrogens is 484 g/mol. The van der Waals surface area contributed by atoms with E-state index in [0.717, 1.165) is 5.69 Å². The summed E-state index contributed by atoms with van der Waals surface area (Å²) in [6.45, 7) is 4.24. The second-order valence-corrected chi connectivity index (χ2v) is 9.48. The van der Waals surface area contributed by atoms with Crippen molar-refractivity contribution in [3.8, 4) is 0 Å². The number of nitrogens with zero attached hydrogens (tertiary/aromatic N) is 1. The maximum Gasteiger partial charge on any atom is -1.00 e. The molecular formula is C23H20Cl2NSZr. The number of fused-ring (bicyclic) bond motifs is 2. The number of halogens is 2. The number of hydrogen-bond acceptors (Lipinski definition) is 2. The van der Waals surface area contributed by atoms with E-state index < -0.39 is 0 Å². The van der Waals surface area contributed by atoms with E-state index >= 15 is 0 Å². The standard InChI is InChI=1S/C15H12N.C8H8S.2ClH.Zr/c1-11-6-7-15(16-10-11)14-8-12-4-2-3-5-13(12)9-14;1-6-5-7-3-2-4-8(7)9-6;;;/h2-10H,1H3;2-5,7H,1H3;2*1H;/q;;;;+2/p-2. The summed E-state index contributed by atoms with van der Waals surface area (Å²) in [5, 5.41) is 0. The summed E-state index contributed by atoms with van der Waals surface area (Å²) < 4.78 is 0.536. The number of aromatic nitrogens is 1. The van der Waals surface area contributed by atoms with Crippen molar-refractivity contribution in [3.63, 3.8) is 0 Å². The van der Waals surface area contributed by atoms with Crippen molar-refractivity contribution in [1.29, 1.82) is 0 Å². The van der Waals surface area contributed by atoms with Crippen molar-refractivity contribution in [2.45, 2.75) is 17.5 Å². The van der Waals surface area contributed by atoms with E-state index in [2.05, 4.69) is 85.6 Å². The van der Waals surface area contributed by atoms with Crippen molar-refractivity contribution in [1.82, 2.24) is 4.98 Å². The first kappa shape index (κ1) is 23.4. The smallest absolute Gasteiger partial charge is 1.00 e. The molecule has 2 aliphatic carbocycles. The zero-order valence-corrected chi connectivity index (χ0v) is 20.5. The van der Waals surface area contributed by atoms with Crippen molar-refractivity contribution in [3.05, 3.63) is 99.1 Å². The Morgan fingerprint density at radius 1 is 1.04 bits per heavy atom. The number of rotatable bonds is 1. The molecule has 2 heterocycles. The zero-order valence-electron chi connectivity index (χ0n) is 15.7. The van der Waals surface area contributed by atoms with E-state index in [-0.39, 0.29) is 24.8 Å². The molecule has 3 aliphatic rings. The summed E-state index contributed by atoms with van der Waals surface area (Å²) >= 11 is 3.42. The third-order valence-corrected chi connectivity index (χ3v) is 7.37. The van der Waals surface area contributed by atoms with Gasteiger partial charge in [0.25, 0.3) is 0 Å². The Hall–Kier alpha value is -0.857. The predicted octanol–water partition coefficient (Wildman–Crippen LogP) is 0.247. The molecule has 5 rings (SSSR count). The van der Waals surface area contributed by atoms with Gasteiger partial charge in [0.2, 0.25) is 0 Å². The topological polar surface area (TPSA) is 12.9 Å². The van der Waals surface area contributed by atoms with E-state index in [1.807, 2.05) is 18.0 Å². The van der Waals surface area contributed by atoms with Crippen molar-refractivity contribution in [2.24, 2.45) is 5.92 Å². The fourth-order valence-corrected chi connectivity index (χ4v) is 5.60. The molecule has 1 aromatic heterocycles. The van der Waals surface area contributed by atoms with Crippen molar-refractivity contribution in [2.75, 3.05) is 0 Å². The summed E-state index contributed by atoms with van der Waals surface area (Å²) in [7, 11) is 0. The Labute approximate surface area is 199 Å². The number of aryl methyl sites for hydroxylation is 1. The van der Waals surface area contributed by atoms with Gasteiger partial charge < -0.3 is 24.8 Å². The zero-order chi connectivity index (χ0) is 18.1. The fourth-order valence-electron chi connectivity index (χ4n) is 3.37. The van der Waals surface area contributed by atoms with E-state index in [0.29, 0.717) is 9.54 Å². The first-order valence-corrected chi connectivity index (χ1v) is 11.0. The SMILES string of the molecule is CC1=CC2C=CC=C2S1.Cc1ccc(C2=Cc3ccccc3[CH]2[Zr+2])nc1.[Cl-].[Cl-]. The minimum Gasteiger partial charge on any atom is -1.00 e. The van der Waals surface area contributed by atoms with Crippen LogP contribution in [0.3, 0.4) is 0 Å². The summed E-state index contributed by atoms with van der Waals surface area (Å²) in [6.07, 6.45) is 13.1. The van der Waals surface area contributed by atoms with Crippen molar-refractivity contribution < 1.29 is 49.5 Å². The Kier molecular flexibility index (Phi) is 8.58. The number of pyridine rings is 1. The summed E-state index contributed by atoms with van der Waals surface area (Å²) in [4.78, 5) is 7.47. The van der Waals surface area contributed by atoms with Gasteiger partial charge in [-0.05, 0) is 11.8 Å². The molecule has 1 aliphatic heterocycles. The van der Waals surface area contributed by atoms with E-state index in [4.69, 9.17) is 0 Å². The molecule has 141 valence electrons. The van der Waals surface area contributed by atoms with Crippen LogP contribution in [0.25, 0.3) is 11.6 Å². The van der Waals surface area contributed by atoms with Gasteiger partial charge in [-0.15, -0.1) is 0 Å². The molecule has 0 N–H and O–H groups in total. The minimum atomic E-state index is 0. The van der Waals surface area contributed by atoms with Crippen LogP contribution in [0.15, 0.2) is 76.7 Å². The van der Waals surface area contributed by atoms with Crippen LogP contribution in [0.5, 0.6) is 0 Å². The average molecular weight is 505 g/mol. The van der Waals surface area contributed by atoms with Gasteiger partial charge in [-0.2, -0.15) is 0 Å².